The van der Waals surface area contributed by atoms with Gasteiger partial charge in [0, 0.05) is 18.5 Å². The van der Waals surface area contributed by atoms with Crippen LogP contribution in [0.4, 0.5) is 13.2 Å². The molecule has 0 saturated heterocycles. The van der Waals surface area contributed by atoms with E-state index in [9.17, 15) is 13.2 Å². The van der Waals surface area contributed by atoms with Gasteiger partial charge in [-0.2, -0.15) is 13.2 Å². The van der Waals surface area contributed by atoms with Crippen molar-refractivity contribution >= 4 is 11.8 Å². The van der Waals surface area contributed by atoms with Crippen molar-refractivity contribution in [1.82, 2.24) is 10.3 Å². The van der Waals surface area contributed by atoms with Gasteiger partial charge in [-0.3, -0.25) is 4.98 Å². The minimum atomic E-state index is -4.19. The quantitative estimate of drug-likeness (QED) is 0.816. The van der Waals surface area contributed by atoms with E-state index in [2.05, 4.69) is 10.3 Å². The molecule has 0 aliphatic carbocycles. The van der Waals surface area contributed by atoms with Gasteiger partial charge in [0.2, 0.25) is 0 Å². The highest BCUT2D eigenvalue weighted by atomic mass is 32.2. The number of pyridine rings is 1. The Kier molecular flexibility index (Phi) is 5.64. The number of nitrogens with one attached hydrogen (secondary N) is 1. The summed E-state index contributed by atoms with van der Waals surface area (Å²) in [6.07, 6.45) is 1.68. The Morgan fingerprint density at radius 2 is 1.76 bits per heavy atom. The van der Waals surface area contributed by atoms with Gasteiger partial charge >= 0.3 is 5.51 Å². The number of hydrogen-bond donors (Lipinski definition) is 1. The standard InChI is InChI=1S/C15H15F3N2S/c16-15(17,18)21-11-10-20-14(12-6-2-1-3-7-12)13-8-4-5-9-19-13/h1-9,14,20H,10-11H2. The van der Waals surface area contributed by atoms with E-state index in [1.807, 2.05) is 48.5 Å². The van der Waals surface area contributed by atoms with Crippen LogP contribution in [0.2, 0.25) is 0 Å². The first-order chi connectivity index (χ1) is 10.1. The van der Waals surface area contributed by atoms with Crippen LogP contribution in [-0.4, -0.2) is 22.8 Å². The molecule has 1 atom stereocenters. The fourth-order valence-corrected chi connectivity index (χ4v) is 2.41. The predicted molar refractivity (Wildman–Crippen MR) is 79.0 cm³/mol. The van der Waals surface area contributed by atoms with Crippen molar-refractivity contribution in [3.05, 3.63) is 66.0 Å². The molecule has 2 rings (SSSR count). The van der Waals surface area contributed by atoms with E-state index in [0.29, 0.717) is 0 Å². The number of alkyl halides is 3. The molecule has 0 radical (unpaired) electrons. The molecule has 6 heteroatoms. The lowest BCUT2D eigenvalue weighted by atomic mass is 10.0. The average Bonchev–Trinajstić information content (AvgIpc) is 2.48. The molecule has 0 bridgehead atoms. The molecule has 2 aromatic rings. The van der Waals surface area contributed by atoms with E-state index in [1.165, 1.54) is 0 Å². The van der Waals surface area contributed by atoms with Gasteiger partial charge in [-0.1, -0.05) is 36.4 Å². The van der Waals surface area contributed by atoms with Gasteiger partial charge in [0.25, 0.3) is 0 Å². The molecule has 2 nitrogen and oxygen atoms in total. The molecule has 1 aromatic heterocycles. The topological polar surface area (TPSA) is 24.9 Å². The van der Waals surface area contributed by atoms with Gasteiger partial charge in [-0.25, -0.2) is 0 Å². The Morgan fingerprint density at radius 1 is 1.05 bits per heavy atom. The summed E-state index contributed by atoms with van der Waals surface area (Å²) in [7, 11) is 0. The molecule has 0 spiro atoms. The van der Waals surface area contributed by atoms with Crippen LogP contribution >= 0.6 is 11.8 Å². The zero-order chi connectivity index (χ0) is 15.1. The fraction of sp³-hybridized carbons (Fsp3) is 0.267. The lowest BCUT2D eigenvalue weighted by molar-refractivity contribution is -0.0327. The Bertz CT molecular complexity index is 492. The van der Waals surface area contributed by atoms with Crippen molar-refractivity contribution < 1.29 is 13.2 Å². The maximum Gasteiger partial charge on any atom is 0.441 e. The molecule has 1 unspecified atom stereocenters. The van der Waals surface area contributed by atoms with Gasteiger partial charge < -0.3 is 5.32 Å². The Labute approximate surface area is 125 Å². The van der Waals surface area contributed by atoms with Gasteiger partial charge in [0.05, 0.1) is 11.7 Å². The van der Waals surface area contributed by atoms with E-state index in [1.54, 1.807) is 6.20 Å². The predicted octanol–water partition coefficient (Wildman–Crippen LogP) is 4.01. The van der Waals surface area contributed by atoms with Gasteiger partial charge in [0.1, 0.15) is 0 Å². The maximum atomic E-state index is 12.1. The molecule has 0 saturated carbocycles. The third kappa shape index (κ3) is 5.40. The van der Waals surface area contributed by atoms with Gasteiger partial charge in [-0.15, -0.1) is 0 Å². The van der Waals surface area contributed by atoms with Crippen LogP contribution in [0.5, 0.6) is 0 Å². The normalized spacial score (nSPS) is 13.1. The fourth-order valence-electron chi connectivity index (χ4n) is 1.96. The first-order valence-electron chi connectivity index (χ1n) is 6.46. The van der Waals surface area contributed by atoms with Crippen molar-refractivity contribution in [2.75, 3.05) is 12.3 Å². The molecular formula is C15H15F3N2S. The van der Waals surface area contributed by atoms with Gasteiger partial charge in [0.15, 0.2) is 0 Å². The number of hydrogen-bond acceptors (Lipinski definition) is 3. The van der Waals surface area contributed by atoms with Crippen LogP contribution in [0, 0.1) is 0 Å². The van der Waals surface area contributed by atoms with E-state index in [0.717, 1.165) is 11.3 Å². The number of rotatable bonds is 6. The summed E-state index contributed by atoms with van der Waals surface area (Å²) < 4.78 is 36.4. The molecule has 112 valence electrons. The highest BCUT2D eigenvalue weighted by molar-refractivity contribution is 8.00. The average molecular weight is 312 g/mol. The molecule has 1 heterocycles. The summed E-state index contributed by atoms with van der Waals surface area (Å²) in [5.41, 5.74) is -2.41. The third-order valence-electron chi connectivity index (χ3n) is 2.83. The number of halogens is 3. The summed E-state index contributed by atoms with van der Waals surface area (Å²) in [4.78, 5) is 4.29. The Hall–Kier alpha value is -1.53. The molecular weight excluding hydrogens is 297 g/mol. The van der Waals surface area contributed by atoms with Crippen LogP contribution in [0.15, 0.2) is 54.7 Å². The van der Waals surface area contributed by atoms with Crippen molar-refractivity contribution in [3.63, 3.8) is 0 Å². The van der Waals surface area contributed by atoms with Crippen molar-refractivity contribution in [2.24, 2.45) is 0 Å². The number of aromatic nitrogens is 1. The molecule has 1 N–H and O–H groups in total. The second-order valence-corrected chi connectivity index (χ2v) is 5.51. The van der Waals surface area contributed by atoms with Crippen LogP contribution < -0.4 is 5.32 Å². The van der Waals surface area contributed by atoms with Crippen LogP contribution in [0.1, 0.15) is 17.3 Å². The lowest BCUT2D eigenvalue weighted by Gasteiger charge is -2.19. The summed E-state index contributed by atoms with van der Waals surface area (Å²) in [5.74, 6) is -0.0281. The zero-order valence-electron chi connectivity index (χ0n) is 11.2. The number of nitrogens with zero attached hydrogens (tertiary/aromatic N) is 1. The molecule has 0 amide bonds. The number of benzene rings is 1. The van der Waals surface area contributed by atoms with Crippen LogP contribution in [-0.2, 0) is 0 Å². The highest BCUT2D eigenvalue weighted by Gasteiger charge is 2.27. The lowest BCUT2D eigenvalue weighted by Crippen LogP contribution is -2.26. The van der Waals surface area contributed by atoms with Crippen LogP contribution in [0.3, 0.4) is 0 Å². The zero-order valence-corrected chi connectivity index (χ0v) is 12.0. The molecule has 0 aliphatic rings. The Balaban J connectivity index is 2.04. The molecule has 21 heavy (non-hydrogen) atoms. The Morgan fingerprint density at radius 3 is 2.38 bits per heavy atom. The number of thioether (sulfide) groups is 1. The first kappa shape index (κ1) is 15.9. The largest absolute Gasteiger partial charge is 0.441 e. The van der Waals surface area contributed by atoms with E-state index < -0.39 is 5.51 Å². The minimum absolute atomic E-state index is 0.0170. The first-order valence-corrected chi connectivity index (χ1v) is 7.45. The summed E-state index contributed by atoms with van der Waals surface area (Å²) >= 11 is -0.0170. The van der Waals surface area contributed by atoms with Crippen molar-refractivity contribution in [2.45, 2.75) is 11.6 Å². The van der Waals surface area contributed by atoms with E-state index in [4.69, 9.17) is 0 Å². The molecule has 1 aromatic carbocycles. The highest BCUT2D eigenvalue weighted by Crippen LogP contribution is 2.29. The minimum Gasteiger partial charge on any atom is -0.304 e. The monoisotopic (exact) mass is 312 g/mol. The molecule has 0 aliphatic heterocycles. The summed E-state index contributed by atoms with van der Waals surface area (Å²) in [5, 5.41) is 3.14. The van der Waals surface area contributed by atoms with E-state index >= 15 is 0 Å². The van der Waals surface area contributed by atoms with Gasteiger partial charge in [-0.05, 0) is 29.5 Å². The second-order valence-electron chi connectivity index (χ2n) is 4.35. The van der Waals surface area contributed by atoms with Crippen molar-refractivity contribution in [1.29, 1.82) is 0 Å². The second kappa shape index (κ2) is 7.47. The summed E-state index contributed by atoms with van der Waals surface area (Å²) in [6, 6.07) is 14.9. The SMILES string of the molecule is FC(F)(F)SCCNC(c1ccccc1)c1ccccn1. The maximum absolute atomic E-state index is 12.1. The summed E-state index contributed by atoms with van der Waals surface area (Å²) in [6.45, 7) is 0.250. The smallest absolute Gasteiger partial charge is 0.304 e. The molecule has 0 fully saturated rings. The van der Waals surface area contributed by atoms with Crippen molar-refractivity contribution in [3.8, 4) is 0 Å². The van der Waals surface area contributed by atoms with Crippen LogP contribution in [0.25, 0.3) is 0 Å². The van der Waals surface area contributed by atoms with E-state index in [-0.39, 0.29) is 30.1 Å². The third-order valence-corrected chi connectivity index (χ3v) is 3.57.